The number of rotatable bonds is 5. The standard InChI is InChI=1S/C19H25NO/c1-5-10-21-17-8-6-16(7-9-17)19(20)18-14(3)11-13(2)12-15(18)4/h6-9,11-12,19H,5,10,20H2,1-4H3. The van der Waals surface area contributed by atoms with E-state index in [0.29, 0.717) is 0 Å². The monoisotopic (exact) mass is 283 g/mol. The third kappa shape index (κ3) is 3.64. The van der Waals surface area contributed by atoms with Crippen LogP contribution in [0.25, 0.3) is 0 Å². The van der Waals surface area contributed by atoms with Gasteiger partial charge in [0.1, 0.15) is 5.75 Å². The number of hydrogen-bond donors (Lipinski definition) is 1. The van der Waals surface area contributed by atoms with Crippen molar-refractivity contribution in [3.05, 3.63) is 64.2 Å². The summed E-state index contributed by atoms with van der Waals surface area (Å²) >= 11 is 0. The minimum absolute atomic E-state index is 0.0918. The van der Waals surface area contributed by atoms with Crippen LogP contribution in [0.5, 0.6) is 5.75 Å². The molecule has 0 fully saturated rings. The van der Waals surface area contributed by atoms with Gasteiger partial charge in [-0.15, -0.1) is 0 Å². The van der Waals surface area contributed by atoms with Gasteiger partial charge in [0, 0.05) is 0 Å². The Bertz CT molecular complexity index is 578. The lowest BCUT2D eigenvalue weighted by Crippen LogP contribution is -2.15. The molecule has 0 aliphatic carbocycles. The first-order valence-corrected chi connectivity index (χ1v) is 7.59. The van der Waals surface area contributed by atoms with Gasteiger partial charge in [0.2, 0.25) is 0 Å². The largest absolute Gasteiger partial charge is 0.494 e. The molecule has 1 atom stereocenters. The molecule has 112 valence electrons. The molecular formula is C19H25NO. The zero-order valence-corrected chi connectivity index (χ0v) is 13.4. The van der Waals surface area contributed by atoms with Crippen LogP contribution in [-0.2, 0) is 0 Å². The average Bonchev–Trinajstić information content (AvgIpc) is 2.44. The SMILES string of the molecule is CCCOc1ccc(C(N)c2c(C)cc(C)cc2C)cc1. The Balaban J connectivity index is 2.26. The molecule has 0 amide bonds. The maximum atomic E-state index is 6.48. The predicted molar refractivity (Wildman–Crippen MR) is 88.9 cm³/mol. The molecule has 2 N–H and O–H groups in total. The quantitative estimate of drug-likeness (QED) is 0.880. The van der Waals surface area contributed by atoms with Crippen molar-refractivity contribution in [1.29, 1.82) is 0 Å². The summed E-state index contributed by atoms with van der Waals surface area (Å²) in [5.41, 5.74) is 12.6. The normalized spacial score (nSPS) is 12.2. The van der Waals surface area contributed by atoms with Crippen LogP contribution in [0.2, 0.25) is 0 Å². The van der Waals surface area contributed by atoms with Gasteiger partial charge in [-0.25, -0.2) is 0 Å². The van der Waals surface area contributed by atoms with Crippen molar-refractivity contribution in [2.75, 3.05) is 6.61 Å². The highest BCUT2D eigenvalue weighted by molar-refractivity contribution is 5.44. The van der Waals surface area contributed by atoms with Gasteiger partial charge < -0.3 is 10.5 Å². The summed E-state index contributed by atoms with van der Waals surface area (Å²) < 4.78 is 5.62. The van der Waals surface area contributed by atoms with Crippen molar-refractivity contribution < 1.29 is 4.74 Å². The van der Waals surface area contributed by atoms with Gasteiger partial charge >= 0.3 is 0 Å². The fourth-order valence-corrected chi connectivity index (χ4v) is 2.84. The molecule has 0 aliphatic heterocycles. The predicted octanol–water partition coefficient (Wildman–Crippen LogP) is 4.45. The molecule has 1 unspecified atom stereocenters. The molecule has 2 heteroatoms. The van der Waals surface area contributed by atoms with E-state index in [1.165, 1.54) is 22.3 Å². The van der Waals surface area contributed by atoms with Crippen LogP contribution in [0, 0.1) is 20.8 Å². The van der Waals surface area contributed by atoms with Gasteiger partial charge in [0.05, 0.1) is 12.6 Å². The van der Waals surface area contributed by atoms with Gasteiger partial charge in [0.25, 0.3) is 0 Å². The van der Waals surface area contributed by atoms with Crippen molar-refractivity contribution in [2.24, 2.45) is 5.73 Å². The fraction of sp³-hybridized carbons (Fsp3) is 0.368. The molecule has 0 saturated heterocycles. The third-order valence-electron chi connectivity index (χ3n) is 3.76. The second kappa shape index (κ2) is 6.77. The summed E-state index contributed by atoms with van der Waals surface area (Å²) in [5.74, 6) is 0.908. The molecule has 21 heavy (non-hydrogen) atoms. The van der Waals surface area contributed by atoms with E-state index in [9.17, 15) is 0 Å². The van der Waals surface area contributed by atoms with E-state index >= 15 is 0 Å². The summed E-state index contributed by atoms with van der Waals surface area (Å²) in [7, 11) is 0. The second-order valence-electron chi connectivity index (χ2n) is 5.71. The van der Waals surface area contributed by atoms with Crippen molar-refractivity contribution in [3.8, 4) is 5.75 Å². The van der Waals surface area contributed by atoms with E-state index in [4.69, 9.17) is 10.5 Å². The number of nitrogens with two attached hydrogens (primary N) is 1. The number of ether oxygens (including phenoxy) is 1. The zero-order chi connectivity index (χ0) is 15.4. The lowest BCUT2D eigenvalue weighted by atomic mass is 9.90. The second-order valence-corrected chi connectivity index (χ2v) is 5.71. The molecule has 0 aliphatic rings. The zero-order valence-electron chi connectivity index (χ0n) is 13.4. The Morgan fingerprint density at radius 1 is 1.00 bits per heavy atom. The van der Waals surface area contributed by atoms with Crippen LogP contribution in [0.15, 0.2) is 36.4 Å². The Labute approximate surface area is 127 Å². The van der Waals surface area contributed by atoms with Gasteiger partial charge in [-0.1, -0.05) is 36.8 Å². The molecule has 2 rings (SSSR count). The van der Waals surface area contributed by atoms with E-state index in [0.717, 1.165) is 24.3 Å². The summed E-state index contributed by atoms with van der Waals surface area (Å²) in [6, 6.07) is 12.4. The van der Waals surface area contributed by atoms with Gasteiger partial charge in [-0.3, -0.25) is 0 Å². The third-order valence-corrected chi connectivity index (χ3v) is 3.76. The Morgan fingerprint density at radius 2 is 1.57 bits per heavy atom. The van der Waals surface area contributed by atoms with E-state index in [1.54, 1.807) is 0 Å². The van der Waals surface area contributed by atoms with E-state index < -0.39 is 0 Å². The fourth-order valence-electron chi connectivity index (χ4n) is 2.84. The average molecular weight is 283 g/mol. The van der Waals surface area contributed by atoms with Crippen LogP contribution in [0.4, 0.5) is 0 Å². The Kier molecular flexibility index (Phi) is 5.03. The highest BCUT2D eigenvalue weighted by Gasteiger charge is 2.14. The van der Waals surface area contributed by atoms with E-state index in [2.05, 4.69) is 52.0 Å². The van der Waals surface area contributed by atoms with Crippen LogP contribution < -0.4 is 10.5 Å². The Hall–Kier alpha value is -1.80. The van der Waals surface area contributed by atoms with Crippen molar-refractivity contribution in [3.63, 3.8) is 0 Å². The van der Waals surface area contributed by atoms with Crippen LogP contribution in [-0.4, -0.2) is 6.61 Å². The van der Waals surface area contributed by atoms with Crippen LogP contribution in [0.3, 0.4) is 0 Å². The summed E-state index contributed by atoms with van der Waals surface area (Å²) in [6.07, 6.45) is 1.02. The minimum Gasteiger partial charge on any atom is -0.494 e. The molecule has 0 aromatic heterocycles. The maximum absolute atomic E-state index is 6.48. The van der Waals surface area contributed by atoms with Crippen LogP contribution in [0.1, 0.15) is 47.2 Å². The smallest absolute Gasteiger partial charge is 0.119 e. The van der Waals surface area contributed by atoms with Crippen molar-refractivity contribution in [1.82, 2.24) is 0 Å². The lowest BCUT2D eigenvalue weighted by molar-refractivity contribution is 0.317. The first kappa shape index (κ1) is 15.6. The molecule has 0 saturated carbocycles. The topological polar surface area (TPSA) is 35.2 Å². The number of benzene rings is 2. The number of aryl methyl sites for hydroxylation is 3. The van der Waals surface area contributed by atoms with E-state index in [1.807, 2.05) is 12.1 Å². The van der Waals surface area contributed by atoms with Gasteiger partial charge in [-0.2, -0.15) is 0 Å². The van der Waals surface area contributed by atoms with E-state index in [-0.39, 0.29) is 6.04 Å². The Morgan fingerprint density at radius 3 is 2.10 bits per heavy atom. The summed E-state index contributed by atoms with van der Waals surface area (Å²) in [4.78, 5) is 0. The van der Waals surface area contributed by atoms with Crippen molar-refractivity contribution in [2.45, 2.75) is 40.2 Å². The van der Waals surface area contributed by atoms with Crippen molar-refractivity contribution >= 4 is 0 Å². The molecule has 0 heterocycles. The molecule has 2 aromatic rings. The van der Waals surface area contributed by atoms with Gasteiger partial charge in [0.15, 0.2) is 0 Å². The molecule has 0 radical (unpaired) electrons. The molecule has 2 nitrogen and oxygen atoms in total. The molecule has 0 spiro atoms. The summed E-state index contributed by atoms with van der Waals surface area (Å²) in [6.45, 7) is 9.24. The van der Waals surface area contributed by atoms with Gasteiger partial charge in [-0.05, 0) is 61.6 Å². The minimum atomic E-state index is -0.0918. The summed E-state index contributed by atoms with van der Waals surface area (Å²) in [5, 5.41) is 0. The maximum Gasteiger partial charge on any atom is 0.119 e. The first-order valence-electron chi connectivity index (χ1n) is 7.59. The molecule has 2 aromatic carbocycles. The molecular weight excluding hydrogens is 258 g/mol. The highest BCUT2D eigenvalue weighted by Crippen LogP contribution is 2.28. The lowest BCUT2D eigenvalue weighted by Gasteiger charge is -2.19. The number of hydrogen-bond acceptors (Lipinski definition) is 2. The van der Waals surface area contributed by atoms with Crippen LogP contribution >= 0.6 is 0 Å². The highest BCUT2D eigenvalue weighted by atomic mass is 16.5. The first-order chi connectivity index (χ1) is 10.0. The molecule has 0 bridgehead atoms.